The third-order valence-corrected chi connectivity index (χ3v) is 5.31. The first-order valence-corrected chi connectivity index (χ1v) is 9.12. The number of aryl methyl sites for hydroxylation is 1. The summed E-state index contributed by atoms with van der Waals surface area (Å²) in [7, 11) is 0. The molecule has 3 fully saturated rings. The Morgan fingerprint density at radius 1 is 1.08 bits per heavy atom. The Hall–Kier alpha value is -2.15. The number of carbonyl (C=O) groups excluding carboxylic acids is 2. The maximum absolute atomic E-state index is 12.9. The molecule has 4 rings (SSSR count). The summed E-state index contributed by atoms with van der Waals surface area (Å²) in [5, 5.41) is 0. The predicted octanol–water partition coefficient (Wildman–Crippen LogP) is 1.94. The van der Waals surface area contributed by atoms with E-state index < -0.39 is 0 Å². The van der Waals surface area contributed by atoms with Gasteiger partial charge in [-0.25, -0.2) is 14.7 Å². The van der Waals surface area contributed by atoms with Gasteiger partial charge in [0.05, 0.1) is 24.6 Å². The maximum Gasteiger partial charge on any atom is 0.332 e. The molecule has 7 nitrogen and oxygen atoms in total. The van der Waals surface area contributed by atoms with E-state index in [1.54, 1.807) is 4.90 Å². The normalized spacial score (nSPS) is 24.5. The van der Waals surface area contributed by atoms with Gasteiger partial charge in [-0.3, -0.25) is 4.79 Å². The minimum absolute atomic E-state index is 0.101. The van der Waals surface area contributed by atoms with Crippen LogP contribution in [0.1, 0.15) is 31.4 Å². The Bertz CT molecular complexity index is 663. The molecule has 3 aliphatic heterocycles. The maximum atomic E-state index is 12.9. The van der Waals surface area contributed by atoms with E-state index >= 15 is 0 Å². The van der Waals surface area contributed by atoms with E-state index in [4.69, 9.17) is 4.74 Å². The Labute approximate surface area is 147 Å². The molecule has 0 bridgehead atoms. The molecule has 0 saturated carbocycles. The van der Waals surface area contributed by atoms with Crippen molar-refractivity contribution in [1.29, 1.82) is 0 Å². The van der Waals surface area contributed by atoms with Crippen molar-refractivity contribution in [3.63, 3.8) is 0 Å². The summed E-state index contributed by atoms with van der Waals surface area (Å²) >= 11 is 0. The van der Waals surface area contributed by atoms with Gasteiger partial charge in [-0.2, -0.15) is 0 Å². The van der Waals surface area contributed by atoms with Gasteiger partial charge in [-0.1, -0.05) is 12.8 Å². The molecule has 1 aromatic heterocycles. The van der Waals surface area contributed by atoms with E-state index in [-0.39, 0.29) is 18.0 Å². The SMILES string of the molecule is Cc1nc(N2CCOCC2)ccc1N1C(=O)C2CCCCCN2C1=O. The first-order chi connectivity index (χ1) is 12.2. The van der Waals surface area contributed by atoms with E-state index in [0.717, 1.165) is 44.6 Å². The van der Waals surface area contributed by atoms with Crippen molar-refractivity contribution in [1.82, 2.24) is 9.88 Å². The van der Waals surface area contributed by atoms with Gasteiger partial charge in [0.1, 0.15) is 11.9 Å². The van der Waals surface area contributed by atoms with Crippen LogP contribution in [0.5, 0.6) is 0 Å². The number of carbonyl (C=O) groups is 2. The van der Waals surface area contributed by atoms with Crippen molar-refractivity contribution >= 4 is 23.4 Å². The molecule has 0 spiro atoms. The quantitative estimate of drug-likeness (QED) is 0.767. The molecule has 3 aliphatic rings. The summed E-state index contributed by atoms with van der Waals surface area (Å²) < 4.78 is 5.38. The number of nitrogens with zero attached hydrogens (tertiary/aromatic N) is 4. The highest BCUT2D eigenvalue weighted by molar-refractivity contribution is 6.21. The molecule has 1 unspecified atom stereocenters. The zero-order chi connectivity index (χ0) is 17.4. The van der Waals surface area contributed by atoms with E-state index in [1.165, 1.54) is 4.90 Å². The summed E-state index contributed by atoms with van der Waals surface area (Å²) in [5.74, 6) is 0.772. The largest absolute Gasteiger partial charge is 0.378 e. The van der Waals surface area contributed by atoms with Crippen molar-refractivity contribution in [2.24, 2.45) is 0 Å². The number of fused-ring (bicyclic) bond motifs is 1. The molecule has 134 valence electrons. The van der Waals surface area contributed by atoms with Gasteiger partial charge in [0.25, 0.3) is 5.91 Å². The fourth-order valence-electron chi connectivity index (χ4n) is 3.93. The highest BCUT2D eigenvalue weighted by atomic mass is 16.5. The molecule has 3 saturated heterocycles. The average Bonchev–Trinajstić information content (AvgIpc) is 2.81. The van der Waals surface area contributed by atoms with Crippen LogP contribution in [-0.2, 0) is 9.53 Å². The molecule has 7 heteroatoms. The molecule has 25 heavy (non-hydrogen) atoms. The molecule has 0 aromatic carbocycles. The number of anilines is 2. The van der Waals surface area contributed by atoms with Gasteiger partial charge < -0.3 is 14.5 Å². The fourth-order valence-corrected chi connectivity index (χ4v) is 3.93. The molecule has 0 N–H and O–H groups in total. The molecule has 3 amide bonds. The van der Waals surface area contributed by atoms with Gasteiger partial charge in [0.15, 0.2) is 0 Å². The van der Waals surface area contributed by atoms with Gasteiger partial charge in [-0.05, 0) is 31.9 Å². The van der Waals surface area contributed by atoms with Crippen LogP contribution >= 0.6 is 0 Å². The third kappa shape index (κ3) is 2.86. The summed E-state index contributed by atoms with van der Waals surface area (Å²) in [6.07, 6.45) is 3.82. The van der Waals surface area contributed by atoms with Crippen LogP contribution in [0.4, 0.5) is 16.3 Å². The highest BCUT2D eigenvalue weighted by Gasteiger charge is 2.46. The van der Waals surface area contributed by atoms with Crippen molar-refractivity contribution in [3.05, 3.63) is 17.8 Å². The van der Waals surface area contributed by atoms with Crippen LogP contribution in [0.3, 0.4) is 0 Å². The van der Waals surface area contributed by atoms with Crippen LogP contribution in [0, 0.1) is 6.92 Å². The number of pyridine rings is 1. The number of urea groups is 1. The number of aromatic nitrogens is 1. The molecule has 4 heterocycles. The van der Waals surface area contributed by atoms with Crippen LogP contribution in [0.15, 0.2) is 12.1 Å². The number of amides is 3. The minimum Gasteiger partial charge on any atom is -0.378 e. The lowest BCUT2D eigenvalue weighted by Crippen LogP contribution is -2.37. The lowest BCUT2D eigenvalue weighted by Gasteiger charge is -2.28. The topological polar surface area (TPSA) is 66.0 Å². The second kappa shape index (κ2) is 6.63. The summed E-state index contributed by atoms with van der Waals surface area (Å²) in [4.78, 5) is 35.6. The summed E-state index contributed by atoms with van der Waals surface area (Å²) in [5.41, 5.74) is 1.32. The monoisotopic (exact) mass is 344 g/mol. The molecule has 0 aliphatic carbocycles. The van der Waals surface area contributed by atoms with Crippen molar-refractivity contribution in [2.45, 2.75) is 38.6 Å². The Kier molecular flexibility index (Phi) is 4.33. The third-order valence-electron chi connectivity index (χ3n) is 5.31. The molecular weight excluding hydrogens is 320 g/mol. The second-order valence-electron chi connectivity index (χ2n) is 6.89. The zero-order valence-electron chi connectivity index (χ0n) is 14.6. The Balaban J connectivity index is 1.61. The van der Waals surface area contributed by atoms with Crippen molar-refractivity contribution < 1.29 is 14.3 Å². The van der Waals surface area contributed by atoms with E-state index in [0.29, 0.717) is 31.1 Å². The van der Waals surface area contributed by atoms with Crippen LogP contribution in [-0.4, -0.2) is 60.7 Å². The van der Waals surface area contributed by atoms with Gasteiger partial charge in [-0.15, -0.1) is 0 Å². The number of hydrogen-bond donors (Lipinski definition) is 0. The average molecular weight is 344 g/mol. The van der Waals surface area contributed by atoms with Gasteiger partial charge in [0.2, 0.25) is 0 Å². The van der Waals surface area contributed by atoms with Gasteiger partial charge in [0, 0.05) is 19.6 Å². The lowest BCUT2D eigenvalue weighted by atomic mass is 10.1. The first kappa shape index (κ1) is 16.3. The predicted molar refractivity (Wildman–Crippen MR) is 93.9 cm³/mol. The highest BCUT2D eigenvalue weighted by Crippen LogP contribution is 2.32. The number of rotatable bonds is 2. The number of morpholine rings is 1. The summed E-state index contributed by atoms with van der Waals surface area (Å²) in [6, 6.07) is 3.27. The molecule has 0 radical (unpaired) electrons. The van der Waals surface area contributed by atoms with E-state index in [2.05, 4.69) is 9.88 Å². The Morgan fingerprint density at radius 3 is 2.64 bits per heavy atom. The standard InChI is InChI=1S/C18H24N4O3/c1-13-14(6-7-16(19-13)20-9-11-25-12-10-20)22-17(23)15-5-3-2-4-8-21(15)18(22)24/h6-7,15H,2-5,8-12H2,1H3. The second-order valence-corrected chi connectivity index (χ2v) is 6.89. The summed E-state index contributed by atoms with van der Waals surface area (Å²) in [6.45, 7) is 5.55. The molecule has 1 aromatic rings. The van der Waals surface area contributed by atoms with Crippen LogP contribution in [0.25, 0.3) is 0 Å². The number of imide groups is 1. The lowest BCUT2D eigenvalue weighted by molar-refractivity contribution is -0.119. The van der Waals surface area contributed by atoms with Gasteiger partial charge >= 0.3 is 6.03 Å². The molecule has 1 atom stereocenters. The fraction of sp³-hybridized carbons (Fsp3) is 0.611. The van der Waals surface area contributed by atoms with Crippen molar-refractivity contribution in [3.8, 4) is 0 Å². The smallest absolute Gasteiger partial charge is 0.332 e. The number of ether oxygens (including phenoxy) is 1. The molecular formula is C18H24N4O3. The zero-order valence-corrected chi connectivity index (χ0v) is 14.6. The van der Waals surface area contributed by atoms with Crippen LogP contribution < -0.4 is 9.80 Å². The number of hydrogen-bond acceptors (Lipinski definition) is 5. The van der Waals surface area contributed by atoms with E-state index in [9.17, 15) is 9.59 Å². The van der Waals surface area contributed by atoms with E-state index in [1.807, 2.05) is 19.1 Å². The van der Waals surface area contributed by atoms with Crippen LogP contribution in [0.2, 0.25) is 0 Å². The Morgan fingerprint density at radius 2 is 1.88 bits per heavy atom. The first-order valence-electron chi connectivity index (χ1n) is 9.12. The van der Waals surface area contributed by atoms with Crippen molar-refractivity contribution in [2.75, 3.05) is 42.6 Å². The minimum atomic E-state index is -0.298.